The first-order valence-electron chi connectivity index (χ1n) is 13.8. The summed E-state index contributed by atoms with van der Waals surface area (Å²) >= 11 is 0. The number of nitrogens with one attached hydrogen (secondary N) is 1. The number of benzene rings is 2. The van der Waals surface area contributed by atoms with E-state index in [4.69, 9.17) is 0 Å². The lowest BCUT2D eigenvalue weighted by Gasteiger charge is -2.36. The molecule has 1 saturated heterocycles. The van der Waals surface area contributed by atoms with Crippen molar-refractivity contribution in [1.82, 2.24) is 14.7 Å². The molecule has 0 saturated carbocycles. The molecule has 0 radical (unpaired) electrons. The van der Waals surface area contributed by atoms with Crippen LogP contribution in [0.25, 0.3) is 0 Å². The van der Waals surface area contributed by atoms with E-state index in [0.29, 0.717) is 32.6 Å². The van der Waals surface area contributed by atoms with Crippen LogP contribution < -0.4 is 5.32 Å². The second-order valence-corrected chi connectivity index (χ2v) is 12.0. The van der Waals surface area contributed by atoms with Gasteiger partial charge in [0.25, 0.3) is 0 Å². The number of hydrogen-bond acceptors (Lipinski definition) is 3. The summed E-state index contributed by atoms with van der Waals surface area (Å²) in [4.78, 5) is 32.3. The number of rotatable bonds is 9. The fourth-order valence-corrected chi connectivity index (χ4v) is 5.28. The van der Waals surface area contributed by atoms with Crippen LogP contribution in [0.1, 0.15) is 57.2 Å². The van der Waals surface area contributed by atoms with E-state index in [1.54, 1.807) is 12.1 Å². The van der Waals surface area contributed by atoms with Crippen LogP contribution in [0.15, 0.2) is 42.5 Å². The van der Waals surface area contributed by atoms with Gasteiger partial charge in [-0.05, 0) is 60.4 Å². The van der Waals surface area contributed by atoms with E-state index < -0.39 is 0 Å². The van der Waals surface area contributed by atoms with Crippen molar-refractivity contribution in [2.75, 3.05) is 44.6 Å². The number of piperazine rings is 1. The van der Waals surface area contributed by atoms with Crippen LogP contribution in [-0.2, 0) is 11.3 Å². The molecule has 0 bridgehead atoms. The molecule has 38 heavy (non-hydrogen) atoms. The van der Waals surface area contributed by atoms with Crippen molar-refractivity contribution in [1.29, 1.82) is 0 Å². The molecular formula is C31H45FN4O2. The number of carbonyl (C=O) groups is 2. The number of anilines is 1. The summed E-state index contributed by atoms with van der Waals surface area (Å²) in [5.74, 6) is 0.153. The summed E-state index contributed by atoms with van der Waals surface area (Å²) in [5.41, 5.74) is 4.09. The highest BCUT2D eigenvalue weighted by atomic mass is 19.1. The van der Waals surface area contributed by atoms with Gasteiger partial charge in [-0.2, -0.15) is 0 Å². The predicted molar refractivity (Wildman–Crippen MR) is 153 cm³/mol. The van der Waals surface area contributed by atoms with Crippen LogP contribution >= 0.6 is 0 Å². The molecule has 1 heterocycles. The molecule has 1 fully saturated rings. The minimum atomic E-state index is -0.273. The molecule has 1 N–H and O–H groups in total. The SMILES string of the molecule is Cc1cccc(C)c1NC(=O)N1CCN(CCN(Cc2ccc(F)cc2)C(=O)CC(C)CC(C)(C)C)CC1. The summed E-state index contributed by atoms with van der Waals surface area (Å²) in [6, 6.07) is 12.3. The third-order valence-electron chi connectivity index (χ3n) is 7.18. The standard InChI is InChI=1S/C31H45FN4O2/c1-23(21-31(4,5)6)20-28(37)36(22-26-10-12-27(32)13-11-26)19-16-34-14-17-35(18-15-34)30(38)33-29-24(2)8-7-9-25(29)3/h7-13,23H,14-22H2,1-6H3,(H,33,38). The zero-order valence-corrected chi connectivity index (χ0v) is 24.0. The number of carbonyl (C=O) groups excluding carboxylic acids is 2. The van der Waals surface area contributed by atoms with E-state index in [2.05, 4.69) is 37.9 Å². The first kappa shape index (κ1) is 29.6. The second-order valence-electron chi connectivity index (χ2n) is 12.0. The molecule has 1 unspecified atom stereocenters. The molecule has 0 aromatic heterocycles. The van der Waals surface area contributed by atoms with E-state index >= 15 is 0 Å². The van der Waals surface area contributed by atoms with Gasteiger partial charge in [0.1, 0.15) is 5.82 Å². The van der Waals surface area contributed by atoms with Crippen molar-refractivity contribution in [3.8, 4) is 0 Å². The maximum absolute atomic E-state index is 13.4. The lowest BCUT2D eigenvalue weighted by molar-refractivity contribution is -0.133. The fraction of sp³-hybridized carbons (Fsp3) is 0.548. The minimum Gasteiger partial charge on any atom is -0.337 e. The largest absolute Gasteiger partial charge is 0.337 e. The van der Waals surface area contributed by atoms with Gasteiger partial charge in [-0.15, -0.1) is 0 Å². The van der Waals surface area contributed by atoms with Crippen LogP contribution in [-0.4, -0.2) is 65.9 Å². The van der Waals surface area contributed by atoms with Crippen LogP contribution in [0.2, 0.25) is 0 Å². The Kier molecular flexibility index (Phi) is 10.3. The lowest BCUT2D eigenvalue weighted by Crippen LogP contribution is -2.51. The van der Waals surface area contributed by atoms with Crippen molar-refractivity contribution >= 4 is 17.6 Å². The fourth-order valence-electron chi connectivity index (χ4n) is 5.28. The molecule has 6 nitrogen and oxygen atoms in total. The van der Waals surface area contributed by atoms with Gasteiger partial charge in [0, 0.05) is 57.9 Å². The molecule has 3 rings (SSSR count). The van der Waals surface area contributed by atoms with Gasteiger partial charge < -0.3 is 15.1 Å². The van der Waals surface area contributed by atoms with E-state index in [1.165, 1.54) is 12.1 Å². The zero-order chi connectivity index (χ0) is 27.9. The summed E-state index contributed by atoms with van der Waals surface area (Å²) < 4.78 is 13.4. The van der Waals surface area contributed by atoms with Crippen molar-refractivity contribution in [2.45, 2.75) is 60.9 Å². The zero-order valence-electron chi connectivity index (χ0n) is 24.0. The number of urea groups is 1. The summed E-state index contributed by atoms with van der Waals surface area (Å²) in [6.07, 6.45) is 1.49. The number of para-hydroxylation sites is 1. The first-order valence-corrected chi connectivity index (χ1v) is 13.8. The van der Waals surface area contributed by atoms with Crippen molar-refractivity contribution < 1.29 is 14.0 Å². The van der Waals surface area contributed by atoms with Crippen LogP contribution in [0.4, 0.5) is 14.9 Å². The van der Waals surface area contributed by atoms with Crippen LogP contribution in [0, 0.1) is 31.0 Å². The Morgan fingerprint density at radius 3 is 2.18 bits per heavy atom. The molecule has 1 aliphatic rings. The van der Waals surface area contributed by atoms with Crippen molar-refractivity contribution in [3.05, 3.63) is 65.0 Å². The first-order chi connectivity index (χ1) is 17.9. The molecule has 3 amide bonds. The molecule has 1 aliphatic heterocycles. The highest BCUT2D eigenvalue weighted by molar-refractivity contribution is 5.91. The molecule has 208 valence electrons. The van der Waals surface area contributed by atoms with E-state index in [1.807, 2.05) is 41.8 Å². The quantitative estimate of drug-likeness (QED) is 0.432. The Hall–Kier alpha value is -2.93. The summed E-state index contributed by atoms with van der Waals surface area (Å²) in [6.45, 7) is 17.4. The Labute approximate surface area is 228 Å². The van der Waals surface area contributed by atoms with Gasteiger partial charge in [0.05, 0.1) is 0 Å². The normalized spacial score (nSPS) is 15.3. The summed E-state index contributed by atoms with van der Waals surface area (Å²) in [5, 5.41) is 3.08. The molecule has 2 aromatic rings. The monoisotopic (exact) mass is 524 g/mol. The number of halogens is 1. The number of amides is 3. The molecule has 7 heteroatoms. The second kappa shape index (κ2) is 13.2. The Bertz CT molecular complexity index is 1050. The van der Waals surface area contributed by atoms with E-state index in [0.717, 1.165) is 48.4 Å². The molecule has 2 aromatic carbocycles. The van der Waals surface area contributed by atoms with Crippen molar-refractivity contribution in [3.63, 3.8) is 0 Å². The number of nitrogens with zero attached hydrogens (tertiary/aromatic N) is 3. The van der Waals surface area contributed by atoms with E-state index in [-0.39, 0.29) is 29.1 Å². The average molecular weight is 525 g/mol. The Morgan fingerprint density at radius 1 is 1.00 bits per heavy atom. The van der Waals surface area contributed by atoms with Crippen LogP contribution in [0.3, 0.4) is 0 Å². The van der Waals surface area contributed by atoms with Crippen LogP contribution in [0.5, 0.6) is 0 Å². The Morgan fingerprint density at radius 2 is 1.61 bits per heavy atom. The smallest absolute Gasteiger partial charge is 0.321 e. The average Bonchev–Trinajstić information content (AvgIpc) is 2.84. The number of hydrogen-bond donors (Lipinski definition) is 1. The van der Waals surface area contributed by atoms with Gasteiger partial charge in [-0.25, -0.2) is 9.18 Å². The van der Waals surface area contributed by atoms with Gasteiger partial charge >= 0.3 is 6.03 Å². The highest BCUT2D eigenvalue weighted by Gasteiger charge is 2.25. The molecular weight excluding hydrogens is 479 g/mol. The third-order valence-corrected chi connectivity index (χ3v) is 7.18. The van der Waals surface area contributed by atoms with Gasteiger partial charge in [-0.1, -0.05) is 58.0 Å². The maximum atomic E-state index is 13.4. The molecule has 0 spiro atoms. The minimum absolute atomic E-state index is 0.0667. The van der Waals surface area contributed by atoms with Gasteiger partial charge in [0.15, 0.2) is 0 Å². The highest BCUT2D eigenvalue weighted by Crippen LogP contribution is 2.26. The number of aryl methyl sites for hydroxylation is 2. The molecule has 0 aliphatic carbocycles. The lowest BCUT2D eigenvalue weighted by atomic mass is 9.84. The van der Waals surface area contributed by atoms with Gasteiger partial charge in [0.2, 0.25) is 5.91 Å². The third kappa shape index (κ3) is 9.12. The van der Waals surface area contributed by atoms with E-state index in [9.17, 15) is 14.0 Å². The Balaban J connectivity index is 1.55. The predicted octanol–water partition coefficient (Wildman–Crippen LogP) is 6.08. The maximum Gasteiger partial charge on any atom is 0.321 e. The topological polar surface area (TPSA) is 55.9 Å². The molecule has 1 atom stereocenters. The summed E-state index contributed by atoms with van der Waals surface area (Å²) in [7, 11) is 0. The van der Waals surface area contributed by atoms with Crippen molar-refractivity contribution in [2.24, 2.45) is 11.3 Å². The van der Waals surface area contributed by atoms with Gasteiger partial charge in [-0.3, -0.25) is 9.69 Å².